The first-order chi connectivity index (χ1) is 10.8. The van der Waals surface area contributed by atoms with Crippen molar-refractivity contribution in [2.24, 2.45) is 0 Å². The second-order valence-electron chi connectivity index (χ2n) is 4.94. The van der Waals surface area contributed by atoms with Gasteiger partial charge in [0, 0.05) is 31.0 Å². The van der Waals surface area contributed by atoms with Crippen molar-refractivity contribution in [3.8, 4) is 17.0 Å². The van der Waals surface area contributed by atoms with Gasteiger partial charge in [-0.15, -0.1) is 5.10 Å². The lowest BCUT2D eigenvalue weighted by Gasteiger charge is -2.05. The normalized spacial score (nSPS) is 10.5. The van der Waals surface area contributed by atoms with Crippen molar-refractivity contribution in [2.75, 3.05) is 11.9 Å². The first-order valence-corrected chi connectivity index (χ1v) is 7.15. The highest BCUT2D eigenvalue weighted by Gasteiger charge is 2.04. The standard InChI is InChI=1S/C16H17N5O/c22-15-6-1-4-13(10-15)16-12-21(20-19-16)9-3-8-18-14-5-2-7-17-11-14/h1-2,4-7,10-12,18,22H,3,8-9H2. The van der Waals surface area contributed by atoms with E-state index in [9.17, 15) is 5.11 Å². The van der Waals surface area contributed by atoms with Crippen molar-refractivity contribution in [3.63, 3.8) is 0 Å². The Hall–Kier alpha value is -2.89. The van der Waals surface area contributed by atoms with Crippen LogP contribution in [-0.2, 0) is 6.54 Å². The van der Waals surface area contributed by atoms with Gasteiger partial charge in [0.05, 0.1) is 11.9 Å². The average molecular weight is 295 g/mol. The summed E-state index contributed by atoms with van der Waals surface area (Å²) >= 11 is 0. The molecule has 0 saturated heterocycles. The second kappa shape index (κ2) is 6.71. The van der Waals surface area contributed by atoms with Crippen LogP contribution in [0.15, 0.2) is 55.0 Å². The lowest BCUT2D eigenvalue weighted by Crippen LogP contribution is -2.07. The average Bonchev–Trinajstić information content (AvgIpc) is 3.02. The van der Waals surface area contributed by atoms with Crippen LogP contribution in [0.4, 0.5) is 5.69 Å². The SMILES string of the molecule is Oc1cccc(-c2cn(CCCNc3cccnc3)nn2)c1. The van der Waals surface area contributed by atoms with Crippen LogP contribution in [0.3, 0.4) is 0 Å². The molecule has 0 aliphatic carbocycles. The first-order valence-electron chi connectivity index (χ1n) is 7.15. The van der Waals surface area contributed by atoms with Gasteiger partial charge in [-0.2, -0.15) is 0 Å². The fourth-order valence-corrected chi connectivity index (χ4v) is 2.15. The van der Waals surface area contributed by atoms with Gasteiger partial charge in [-0.3, -0.25) is 9.67 Å². The number of benzene rings is 1. The number of rotatable bonds is 6. The molecule has 22 heavy (non-hydrogen) atoms. The number of aromatic hydroxyl groups is 1. The summed E-state index contributed by atoms with van der Waals surface area (Å²) in [6.07, 6.45) is 6.37. The van der Waals surface area contributed by atoms with Gasteiger partial charge in [-0.25, -0.2) is 0 Å². The number of aromatic nitrogens is 4. The third kappa shape index (κ3) is 3.60. The molecule has 0 bridgehead atoms. The molecule has 2 heterocycles. The monoisotopic (exact) mass is 295 g/mol. The zero-order valence-electron chi connectivity index (χ0n) is 12.1. The first kappa shape index (κ1) is 14.1. The molecule has 0 unspecified atom stereocenters. The predicted molar refractivity (Wildman–Crippen MR) is 84.5 cm³/mol. The van der Waals surface area contributed by atoms with E-state index in [-0.39, 0.29) is 5.75 Å². The summed E-state index contributed by atoms with van der Waals surface area (Å²) in [5, 5.41) is 21.0. The molecule has 112 valence electrons. The maximum absolute atomic E-state index is 9.49. The fourth-order valence-electron chi connectivity index (χ4n) is 2.15. The summed E-state index contributed by atoms with van der Waals surface area (Å²) in [4.78, 5) is 4.06. The number of phenols is 1. The largest absolute Gasteiger partial charge is 0.508 e. The van der Waals surface area contributed by atoms with E-state index in [2.05, 4.69) is 20.6 Å². The number of nitrogens with zero attached hydrogens (tertiary/aromatic N) is 4. The minimum Gasteiger partial charge on any atom is -0.508 e. The van der Waals surface area contributed by atoms with Crippen LogP contribution in [0.1, 0.15) is 6.42 Å². The molecule has 3 rings (SSSR count). The molecular weight excluding hydrogens is 278 g/mol. The molecule has 2 N–H and O–H groups in total. The summed E-state index contributed by atoms with van der Waals surface area (Å²) < 4.78 is 1.81. The van der Waals surface area contributed by atoms with Gasteiger partial charge < -0.3 is 10.4 Å². The molecule has 6 heteroatoms. The Morgan fingerprint density at radius 3 is 2.95 bits per heavy atom. The van der Waals surface area contributed by atoms with Crippen molar-refractivity contribution in [2.45, 2.75) is 13.0 Å². The minimum atomic E-state index is 0.229. The van der Waals surface area contributed by atoms with Crippen LogP contribution in [0.5, 0.6) is 5.75 Å². The van der Waals surface area contributed by atoms with Gasteiger partial charge in [-0.1, -0.05) is 17.3 Å². The molecule has 1 aromatic carbocycles. The van der Waals surface area contributed by atoms with Gasteiger partial charge in [-0.05, 0) is 30.7 Å². The van der Waals surface area contributed by atoms with Crippen LogP contribution < -0.4 is 5.32 Å². The molecule has 0 saturated carbocycles. The molecule has 0 aliphatic rings. The van der Waals surface area contributed by atoms with Gasteiger partial charge in [0.15, 0.2) is 0 Å². The lowest BCUT2D eigenvalue weighted by atomic mass is 10.1. The maximum Gasteiger partial charge on any atom is 0.116 e. The Morgan fingerprint density at radius 1 is 1.18 bits per heavy atom. The van der Waals surface area contributed by atoms with Crippen molar-refractivity contribution >= 4 is 5.69 Å². The molecule has 0 radical (unpaired) electrons. The molecular formula is C16H17N5O. The van der Waals surface area contributed by atoms with E-state index in [1.165, 1.54) is 0 Å². The van der Waals surface area contributed by atoms with Gasteiger partial charge in [0.1, 0.15) is 11.4 Å². The predicted octanol–water partition coefficient (Wildman–Crippen LogP) is 2.55. The number of phenolic OH excluding ortho intramolecular Hbond substituents is 1. The molecule has 0 spiro atoms. The number of nitrogens with one attached hydrogen (secondary N) is 1. The van der Waals surface area contributed by atoms with Crippen LogP contribution in [0.2, 0.25) is 0 Å². The van der Waals surface area contributed by atoms with Crippen LogP contribution in [0.25, 0.3) is 11.3 Å². The molecule has 0 fully saturated rings. The lowest BCUT2D eigenvalue weighted by molar-refractivity contribution is 0.475. The third-order valence-corrected chi connectivity index (χ3v) is 3.24. The Balaban J connectivity index is 1.52. The Kier molecular flexibility index (Phi) is 4.29. The summed E-state index contributed by atoms with van der Waals surface area (Å²) in [6.45, 7) is 1.62. The van der Waals surface area contributed by atoms with E-state index >= 15 is 0 Å². The zero-order valence-corrected chi connectivity index (χ0v) is 12.1. The minimum absolute atomic E-state index is 0.229. The molecule has 0 amide bonds. The summed E-state index contributed by atoms with van der Waals surface area (Å²) in [5.74, 6) is 0.229. The topological polar surface area (TPSA) is 75.9 Å². The van der Waals surface area contributed by atoms with Gasteiger partial charge in [0.2, 0.25) is 0 Å². The number of pyridine rings is 1. The molecule has 0 aliphatic heterocycles. The van der Waals surface area contributed by atoms with E-state index in [0.717, 1.165) is 36.5 Å². The Morgan fingerprint density at radius 2 is 2.14 bits per heavy atom. The van der Waals surface area contributed by atoms with E-state index in [1.807, 2.05) is 29.1 Å². The highest BCUT2D eigenvalue weighted by atomic mass is 16.3. The van der Waals surface area contributed by atoms with Crippen molar-refractivity contribution in [3.05, 3.63) is 55.0 Å². The molecule has 3 aromatic rings. The van der Waals surface area contributed by atoms with Crippen LogP contribution in [-0.4, -0.2) is 31.6 Å². The van der Waals surface area contributed by atoms with Gasteiger partial charge >= 0.3 is 0 Å². The molecule has 0 atom stereocenters. The fraction of sp³-hybridized carbons (Fsp3) is 0.188. The molecule has 2 aromatic heterocycles. The van der Waals surface area contributed by atoms with Crippen molar-refractivity contribution in [1.29, 1.82) is 0 Å². The molecule has 6 nitrogen and oxygen atoms in total. The number of aryl methyl sites for hydroxylation is 1. The number of hydrogen-bond donors (Lipinski definition) is 2. The summed E-state index contributed by atoms with van der Waals surface area (Å²) in [5.41, 5.74) is 2.64. The van der Waals surface area contributed by atoms with E-state index in [0.29, 0.717) is 0 Å². The van der Waals surface area contributed by atoms with Crippen LogP contribution in [0, 0.1) is 0 Å². The Labute approximate surface area is 128 Å². The van der Waals surface area contributed by atoms with E-state index in [1.54, 1.807) is 30.6 Å². The third-order valence-electron chi connectivity index (χ3n) is 3.24. The quantitative estimate of drug-likeness (QED) is 0.683. The number of hydrogen-bond acceptors (Lipinski definition) is 5. The zero-order chi connectivity index (χ0) is 15.2. The van der Waals surface area contributed by atoms with Crippen molar-refractivity contribution < 1.29 is 5.11 Å². The maximum atomic E-state index is 9.49. The summed E-state index contributed by atoms with van der Waals surface area (Å²) in [7, 11) is 0. The summed E-state index contributed by atoms with van der Waals surface area (Å²) in [6, 6.07) is 10.9. The van der Waals surface area contributed by atoms with E-state index < -0.39 is 0 Å². The highest BCUT2D eigenvalue weighted by Crippen LogP contribution is 2.20. The smallest absolute Gasteiger partial charge is 0.116 e. The van der Waals surface area contributed by atoms with Crippen molar-refractivity contribution in [1.82, 2.24) is 20.0 Å². The highest BCUT2D eigenvalue weighted by molar-refractivity contribution is 5.59. The van der Waals surface area contributed by atoms with E-state index in [4.69, 9.17) is 0 Å². The van der Waals surface area contributed by atoms with Gasteiger partial charge in [0.25, 0.3) is 0 Å². The van der Waals surface area contributed by atoms with Crippen LogP contribution >= 0.6 is 0 Å². The Bertz CT molecular complexity index is 726. The number of anilines is 1. The second-order valence-corrected chi connectivity index (χ2v) is 4.94.